The van der Waals surface area contributed by atoms with E-state index in [4.69, 9.17) is 9.47 Å². The molecule has 0 aliphatic rings. The molecule has 10 rings (SSSR count). The molecule has 0 bridgehead atoms. The average Bonchev–Trinajstić information content (AvgIpc) is 3.75. The molecule has 0 spiro atoms. The second-order valence-corrected chi connectivity index (χ2v) is 19.9. The maximum Gasteiger partial charge on any atom is 0.147 e. The lowest BCUT2D eigenvalue weighted by atomic mass is 9.99. The van der Waals surface area contributed by atoms with Crippen LogP contribution in [0.2, 0.25) is 0 Å². The molecule has 0 amide bonds. The predicted molar refractivity (Wildman–Crippen MR) is 288 cm³/mol. The molecule has 10 aromatic rings. The summed E-state index contributed by atoms with van der Waals surface area (Å²) in [5.74, 6) is 1.76. The zero-order valence-electron chi connectivity index (χ0n) is 42.0. The van der Waals surface area contributed by atoms with E-state index in [1.807, 2.05) is 60.7 Å². The molecule has 2 atom stereocenters. The Labute approximate surface area is 406 Å². The van der Waals surface area contributed by atoms with Crippen molar-refractivity contribution >= 4 is 43.6 Å². The van der Waals surface area contributed by atoms with Gasteiger partial charge in [-0.25, -0.2) is 0 Å². The van der Waals surface area contributed by atoms with Gasteiger partial charge in [0.05, 0.1) is 45.6 Å². The Morgan fingerprint density at radius 1 is 0.377 bits per heavy atom. The van der Waals surface area contributed by atoms with E-state index in [0.717, 1.165) is 55.7 Å². The standard InChI is InChI=1S/C63H62N2O4/c1-34-21-52(62(66)58(23-34)64-54-29-40(7)36(3)25-48(54)49-26-37(4)41(8)30-55(49)64)46-17-13-15-19-60(46)68-44(11)33-45(12)69-61-20-16-14-18-47(61)53-22-35(2)24-59(63(53)67)65-56-31-42(9)38(5)27-50(56)51-28-39(6)43(10)32-57(51)65/h13-32,44-45,66-67H,33H2,1-12H3/t44-,45?/m0/s1. The van der Waals surface area contributed by atoms with Gasteiger partial charge in [-0.1, -0.05) is 36.4 Å². The Kier molecular flexibility index (Phi) is 11.3. The summed E-state index contributed by atoms with van der Waals surface area (Å²) in [5.41, 5.74) is 20.6. The first-order chi connectivity index (χ1) is 33.0. The van der Waals surface area contributed by atoms with Gasteiger partial charge in [-0.15, -0.1) is 0 Å². The van der Waals surface area contributed by atoms with E-state index < -0.39 is 0 Å². The monoisotopic (exact) mass is 910 g/mol. The summed E-state index contributed by atoms with van der Waals surface area (Å²) >= 11 is 0. The fourth-order valence-electron chi connectivity index (χ4n) is 10.4. The molecular weight excluding hydrogens is 849 g/mol. The van der Waals surface area contributed by atoms with E-state index in [2.05, 4.69) is 153 Å². The van der Waals surface area contributed by atoms with Gasteiger partial charge in [0.1, 0.15) is 23.0 Å². The molecule has 0 saturated heterocycles. The number of para-hydroxylation sites is 2. The molecule has 1 unspecified atom stereocenters. The third-order valence-corrected chi connectivity index (χ3v) is 14.6. The van der Waals surface area contributed by atoms with Gasteiger partial charge in [-0.2, -0.15) is 0 Å². The van der Waals surface area contributed by atoms with Crippen molar-refractivity contribution in [2.45, 2.75) is 102 Å². The van der Waals surface area contributed by atoms with Crippen LogP contribution in [0.5, 0.6) is 23.0 Å². The number of nitrogens with zero attached hydrogens (tertiary/aromatic N) is 2. The van der Waals surface area contributed by atoms with Gasteiger partial charge in [-0.3, -0.25) is 0 Å². The van der Waals surface area contributed by atoms with Crippen molar-refractivity contribution < 1.29 is 19.7 Å². The first-order valence-corrected chi connectivity index (χ1v) is 24.2. The van der Waals surface area contributed by atoms with Gasteiger partial charge in [0.25, 0.3) is 0 Å². The molecule has 2 heterocycles. The molecule has 348 valence electrons. The van der Waals surface area contributed by atoms with E-state index in [1.165, 1.54) is 66.1 Å². The van der Waals surface area contributed by atoms with Gasteiger partial charge in [0.15, 0.2) is 0 Å². The summed E-state index contributed by atoms with van der Waals surface area (Å²) in [6.45, 7) is 25.5. The van der Waals surface area contributed by atoms with Crippen molar-refractivity contribution in [3.8, 4) is 56.6 Å². The van der Waals surface area contributed by atoms with Crippen LogP contribution in [-0.2, 0) is 0 Å². The normalized spacial score (nSPS) is 12.7. The number of phenolic OH excluding ortho intramolecular Hbond substituents is 2. The fourth-order valence-corrected chi connectivity index (χ4v) is 10.4. The molecule has 0 saturated carbocycles. The maximum atomic E-state index is 12.4. The lowest BCUT2D eigenvalue weighted by molar-refractivity contribution is 0.131. The summed E-state index contributed by atoms with van der Waals surface area (Å²) in [4.78, 5) is 0. The Morgan fingerprint density at radius 2 is 0.667 bits per heavy atom. The van der Waals surface area contributed by atoms with Crippen molar-refractivity contribution in [2.75, 3.05) is 0 Å². The van der Waals surface area contributed by atoms with Crippen LogP contribution in [0.3, 0.4) is 0 Å². The third-order valence-electron chi connectivity index (χ3n) is 14.6. The number of aromatic nitrogens is 2. The highest BCUT2D eigenvalue weighted by Gasteiger charge is 2.25. The van der Waals surface area contributed by atoms with Crippen molar-refractivity contribution in [1.82, 2.24) is 9.13 Å². The minimum absolute atomic E-state index is 0.198. The number of benzene rings is 8. The highest BCUT2D eigenvalue weighted by Crippen LogP contribution is 2.46. The molecule has 69 heavy (non-hydrogen) atoms. The molecule has 2 N–H and O–H groups in total. The van der Waals surface area contributed by atoms with E-state index in [9.17, 15) is 10.2 Å². The quantitative estimate of drug-likeness (QED) is 0.143. The molecule has 8 aromatic carbocycles. The van der Waals surface area contributed by atoms with Crippen LogP contribution in [0.15, 0.2) is 121 Å². The zero-order valence-corrected chi connectivity index (χ0v) is 42.0. The summed E-state index contributed by atoms with van der Waals surface area (Å²) in [6.07, 6.45) is 0.0854. The minimum Gasteiger partial charge on any atom is -0.505 e. The van der Waals surface area contributed by atoms with Crippen LogP contribution in [-0.4, -0.2) is 31.6 Å². The number of rotatable bonds is 10. The molecule has 0 radical (unpaired) electrons. The molecule has 0 aliphatic carbocycles. The number of fused-ring (bicyclic) bond motifs is 6. The van der Waals surface area contributed by atoms with Crippen molar-refractivity contribution in [1.29, 1.82) is 0 Å². The van der Waals surface area contributed by atoms with Crippen molar-refractivity contribution in [2.24, 2.45) is 0 Å². The van der Waals surface area contributed by atoms with E-state index >= 15 is 0 Å². The van der Waals surface area contributed by atoms with Crippen LogP contribution < -0.4 is 9.47 Å². The second kappa shape index (κ2) is 17.3. The number of phenols is 2. The highest BCUT2D eigenvalue weighted by molar-refractivity contribution is 6.12. The van der Waals surface area contributed by atoms with Crippen LogP contribution in [0.1, 0.15) is 75.9 Å². The predicted octanol–water partition coefficient (Wildman–Crippen LogP) is 16.3. The second-order valence-electron chi connectivity index (χ2n) is 19.9. The van der Waals surface area contributed by atoms with Gasteiger partial charge in [-0.05, 0) is 224 Å². The molecular formula is C63H62N2O4. The van der Waals surface area contributed by atoms with E-state index in [0.29, 0.717) is 29.0 Å². The van der Waals surface area contributed by atoms with Crippen molar-refractivity contribution in [3.05, 3.63) is 177 Å². The Hall–Kier alpha value is -7.44. The first-order valence-electron chi connectivity index (χ1n) is 24.2. The van der Waals surface area contributed by atoms with Crippen LogP contribution >= 0.6 is 0 Å². The van der Waals surface area contributed by atoms with E-state index in [1.54, 1.807) is 0 Å². The SMILES string of the molecule is Cc1cc(-c2ccccc2OC(C)C[C@H](C)Oc2ccccc2-c2cc(C)cc(-n3c4cc(C)c(C)cc4c4cc(C)c(C)cc43)c2O)c(O)c(-n2c3cc(C)c(C)cc3c3cc(C)c(C)cc32)c1. The molecule has 6 heteroatoms. The van der Waals surface area contributed by atoms with Crippen LogP contribution in [0.25, 0.3) is 77.2 Å². The number of hydrogen-bond acceptors (Lipinski definition) is 4. The van der Waals surface area contributed by atoms with Gasteiger partial charge < -0.3 is 28.8 Å². The Morgan fingerprint density at radius 3 is 0.986 bits per heavy atom. The van der Waals surface area contributed by atoms with E-state index in [-0.39, 0.29) is 23.7 Å². The highest BCUT2D eigenvalue weighted by atomic mass is 16.5. The minimum atomic E-state index is -0.247. The van der Waals surface area contributed by atoms with Gasteiger partial charge in [0, 0.05) is 50.2 Å². The summed E-state index contributed by atoms with van der Waals surface area (Å²) in [5, 5.41) is 29.5. The summed E-state index contributed by atoms with van der Waals surface area (Å²) in [6, 6.07) is 42.3. The lowest BCUT2D eigenvalue weighted by Crippen LogP contribution is -2.23. The summed E-state index contributed by atoms with van der Waals surface area (Å²) < 4.78 is 18.1. The topological polar surface area (TPSA) is 68.8 Å². The van der Waals surface area contributed by atoms with Crippen molar-refractivity contribution in [3.63, 3.8) is 0 Å². The zero-order chi connectivity index (χ0) is 48.7. The number of ether oxygens (including phenoxy) is 2. The number of aromatic hydroxyl groups is 2. The molecule has 6 nitrogen and oxygen atoms in total. The maximum absolute atomic E-state index is 12.4. The largest absolute Gasteiger partial charge is 0.505 e. The number of hydrogen-bond donors (Lipinski definition) is 2. The average molecular weight is 911 g/mol. The smallest absolute Gasteiger partial charge is 0.147 e. The van der Waals surface area contributed by atoms with Crippen LogP contribution in [0.4, 0.5) is 0 Å². The molecule has 0 aliphatic heterocycles. The third kappa shape index (κ3) is 7.86. The Bertz CT molecular complexity index is 3340. The Balaban J connectivity index is 0.958. The molecule has 2 aromatic heterocycles. The van der Waals surface area contributed by atoms with Crippen LogP contribution in [0, 0.1) is 69.2 Å². The van der Waals surface area contributed by atoms with Gasteiger partial charge >= 0.3 is 0 Å². The van der Waals surface area contributed by atoms with Gasteiger partial charge in [0.2, 0.25) is 0 Å². The number of aryl methyl sites for hydroxylation is 10. The first kappa shape index (κ1) is 45.3. The molecule has 0 fully saturated rings. The fraction of sp³-hybridized carbons (Fsp3) is 0.238. The summed E-state index contributed by atoms with van der Waals surface area (Å²) in [7, 11) is 0. The lowest BCUT2D eigenvalue weighted by Gasteiger charge is -2.24.